The first-order chi connectivity index (χ1) is 18.3. The van der Waals surface area contributed by atoms with Crippen molar-refractivity contribution in [1.29, 1.82) is 5.26 Å². The fourth-order valence-electron chi connectivity index (χ4n) is 3.68. The van der Waals surface area contributed by atoms with Gasteiger partial charge in [-0.1, -0.05) is 29.8 Å². The number of hydrogen-bond donors (Lipinski definition) is 1. The number of carboxylic acid groups (broad SMARTS) is 1. The van der Waals surface area contributed by atoms with Crippen LogP contribution in [0.25, 0.3) is 6.08 Å². The number of carbonyl (C=O) groups excluding carboxylic acids is 1. The first kappa shape index (κ1) is 26.8. The summed E-state index contributed by atoms with van der Waals surface area (Å²) in [7, 11) is 1.49. The maximum atomic E-state index is 13.1. The van der Waals surface area contributed by atoms with Crippen molar-refractivity contribution < 1.29 is 24.2 Å². The molecule has 0 bridgehead atoms. The standard InChI is InChI=1S/C28H22ClN3O5S/c1-3-32-26(33)24(38-28(32)31-21-10-8-18(9-11-21)27(34)35)14-17-12-22(29)25(23(13-17)36-2)37-16-20-7-5-4-6-19(20)15-30/h4-14H,3,16H2,1-2H3,(H,34,35). The van der Waals surface area contributed by atoms with Crippen LogP contribution in [0.3, 0.4) is 0 Å². The molecule has 8 nitrogen and oxygen atoms in total. The summed E-state index contributed by atoms with van der Waals surface area (Å²) in [5.41, 5.74) is 2.56. The molecule has 38 heavy (non-hydrogen) atoms. The van der Waals surface area contributed by atoms with Gasteiger partial charge in [0.2, 0.25) is 0 Å². The molecule has 0 aliphatic carbocycles. The number of ether oxygens (including phenoxy) is 2. The van der Waals surface area contributed by atoms with Crippen molar-refractivity contribution in [2.75, 3.05) is 13.7 Å². The number of thioether (sulfide) groups is 1. The van der Waals surface area contributed by atoms with E-state index in [9.17, 15) is 14.9 Å². The third kappa shape index (κ3) is 5.83. The zero-order valence-corrected chi connectivity index (χ0v) is 22.0. The van der Waals surface area contributed by atoms with Gasteiger partial charge in [-0.2, -0.15) is 5.26 Å². The quantitative estimate of drug-likeness (QED) is 0.338. The zero-order chi connectivity index (χ0) is 27.2. The van der Waals surface area contributed by atoms with E-state index in [-0.39, 0.29) is 18.1 Å². The van der Waals surface area contributed by atoms with Crippen molar-refractivity contribution in [3.05, 3.63) is 92.8 Å². The topological polar surface area (TPSA) is 112 Å². The highest BCUT2D eigenvalue weighted by atomic mass is 35.5. The molecule has 1 fully saturated rings. The van der Waals surface area contributed by atoms with Crippen LogP contribution >= 0.6 is 23.4 Å². The smallest absolute Gasteiger partial charge is 0.335 e. The number of carboxylic acids is 1. The fourth-order valence-corrected chi connectivity index (χ4v) is 5.02. The van der Waals surface area contributed by atoms with E-state index < -0.39 is 5.97 Å². The third-order valence-electron chi connectivity index (χ3n) is 5.60. The number of nitriles is 1. The number of carbonyl (C=O) groups is 2. The van der Waals surface area contributed by atoms with Crippen LogP contribution in [0, 0.1) is 11.3 Å². The maximum absolute atomic E-state index is 13.1. The van der Waals surface area contributed by atoms with Crippen LogP contribution in [0.1, 0.15) is 34.0 Å². The van der Waals surface area contributed by atoms with Crippen molar-refractivity contribution in [3.8, 4) is 17.6 Å². The van der Waals surface area contributed by atoms with Crippen LogP contribution in [0.15, 0.2) is 70.6 Å². The Morgan fingerprint density at radius 1 is 1.21 bits per heavy atom. The van der Waals surface area contributed by atoms with E-state index in [0.29, 0.717) is 50.0 Å². The van der Waals surface area contributed by atoms with Crippen LogP contribution in [-0.2, 0) is 11.4 Å². The molecule has 1 aliphatic heterocycles. The lowest BCUT2D eigenvalue weighted by Crippen LogP contribution is -2.28. The number of aliphatic imine (C=N–C) groups is 1. The monoisotopic (exact) mass is 547 g/mol. The number of methoxy groups -OCH3 is 1. The first-order valence-electron chi connectivity index (χ1n) is 11.5. The molecule has 0 spiro atoms. The number of benzene rings is 3. The Hall–Kier alpha value is -4.26. The molecule has 3 aromatic rings. The maximum Gasteiger partial charge on any atom is 0.335 e. The van der Waals surface area contributed by atoms with E-state index >= 15 is 0 Å². The Balaban J connectivity index is 1.59. The van der Waals surface area contributed by atoms with Crippen molar-refractivity contribution in [1.82, 2.24) is 4.90 Å². The van der Waals surface area contributed by atoms with E-state index in [0.717, 1.165) is 5.56 Å². The van der Waals surface area contributed by atoms with Gasteiger partial charge in [0.05, 0.1) is 39.9 Å². The number of rotatable bonds is 8. The zero-order valence-electron chi connectivity index (χ0n) is 20.5. The number of amidine groups is 1. The Labute approximate surface area is 228 Å². The van der Waals surface area contributed by atoms with E-state index in [1.165, 1.54) is 31.0 Å². The van der Waals surface area contributed by atoms with Gasteiger partial charge < -0.3 is 14.6 Å². The molecule has 0 saturated carbocycles. The Kier molecular flexibility index (Phi) is 8.36. The van der Waals surface area contributed by atoms with Gasteiger partial charge in [0.1, 0.15) is 6.61 Å². The molecule has 1 amide bonds. The second kappa shape index (κ2) is 11.9. The van der Waals surface area contributed by atoms with Gasteiger partial charge in [-0.05, 0) is 72.8 Å². The third-order valence-corrected chi connectivity index (χ3v) is 6.89. The van der Waals surface area contributed by atoms with Crippen molar-refractivity contribution in [3.63, 3.8) is 0 Å². The van der Waals surface area contributed by atoms with Crippen molar-refractivity contribution in [2.24, 2.45) is 4.99 Å². The number of aromatic carboxylic acids is 1. The second-order valence-corrected chi connectivity index (χ2v) is 9.41. The molecule has 0 atom stereocenters. The Bertz CT molecular complexity index is 1500. The summed E-state index contributed by atoms with van der Waals surface area (Å²) < 4.78 is 11.4. The van der Waals surface area contributed by atoms with Crippen LogP contribution in [0.4, 0.5) is 5.69 Å². The summed E-state index contributed by atoms with van der Waals surface area (Å²) in [6.07, 6.45) is 1.70. The summed E-state index contributed by atoms with van der Waals surface area (Å²) in [4.78, 5) is 30.7. The minimum Gasteiger partial charge on any atom is -0.493 e. The lowest BCUT2D eigenvalue weighted by atomic mass is 10.1. The number of halogens is 1. The molecular formula is C28H22ClN3O5S. The van der Waals surface area contributed by atoms with Gasteiger partial charge in [-0.3, -0.25) is 9.69 Å². The highest BCUT2D eigenvalue weighted by Gasteiger charge is 2.32. The highest BCUT2D eigenvalue weighted by molar-refractivity contribution is 8.18. The van der Waals surface area contributed by atoms with E-state index in [4.69, 9.17) is 26.2 Å². The fraction of sp³-hybridized carbons (Fsp3) is 0.143. The molecule has 4 rings (SSSR count). The Morgan fingerprint density at radius 2 is 1.95 bits per heavy atom. The molecule has 1 N–H and O–H groups in total. The largest absolute Gasteiger partial charge is 0.493 e. The van der Waals surface area contributed by atoms with Gasteiger partial charge in [0.25, 0.3) is 5.91 Å². The molecule has 1 saturated heterocycles. The van der Waals surface area contributed by atoms with E-state index in [1.54, 1.807) is 53.4 Å². The molecule has 0 radical (unpaired) electrons. The van der Waals surface area contributed by atoms with Gasteiger partial charge in [0, 0.05) is 12.1 Å². The molecule has 0 unspecified atom stereocenters. The summed E-state index contributed by atoms with van der Waals surface area (Å²) in [6.45, 7) is 2.39. The number of likely N-dealkylation sites (N-methyl/N-ethyl adjacent to an activating group) is 1. The predicted molar refractivity (Wildman–Crippen MR) is 147 cm³/mol. The van der Waals surface area contributed by atoms with Crippen LogP contribution in [0.5, 0.6) is 11.5 Å². The van der Waals surface area contributed by atoms with E-state index in [2.05, 4.69) is 11.1 Å². The molecule has 1 heterocycles. The number of hydrogen-bond acceptors (Lipinski definition) is 7. The van der Waals surface area contributed by atoms with Crippen LogP contribution in [0.2, 0.25) is 5.02 Å². The second-order valence-electron chi connectivity index (χ2n) is 8.00. The van der Waals surface area contributed by atoms with E-state index in [1.807, 2.05) is 13.0 Å². The molecule has 3 aromatic carbocycles. The summed E-state index contributed by atoms with van der Waals surface area (Å²) in [5.74, 6) is -0.514. The van der Waals surface area contributed by atoms with Crippen LogP contribution in [-0.4, -0.2) is 40.7 Å². The summed E-state index contributed by atoms with van der Waals surface area (Å²) >= 11 is 7.75. The predicted octanol–water partition coefficient (Wildman–Crippen LogP) is 6.12. The van der Waals surface area contributed by atoms with Crippen molar-refractivity contribution >= 4 is 52.2 Å². The normalized spacial score (nSPS) is 15.1. The first-order valence-corrected chi connectivity index (χ1v) is 12.7. The van der Waals surface area contributed by atoms with Gasteiger partial charge in [-0.15, -0.1) is 0 Å². The molecule has 1 aliphatic rings. The number of nitrogens with zero attached hydrogens (tertiary/aromatic N) is 3. The van der Waals surface area contributed by atoms with Gasteiger partial charge >= 0.3 is 5.97 Å². The average molecular weight is 548 g/mol. The highest BCUT2D eigenvalue weighted by Crippen LogP contribution is 2.40. The van der Waals surface area contributed by atoms with Gasteiger partial charge in [-0.25, -0.2) is 9.79 Å². The lowest BCUT2D eigenvalue weighted by molar-refractivity contribution is -0.122. The van der Waals surface area contributed by atoms with Gasteiger partial charge in [0.15, 0.2) is 16.7 Å². The minimum absolute atomic E-state index is 0.132. The minimum atomic E-state index is -1.02. The average Bonchev–Trinajstić information content (AvgIpc) is 3.21. The summed E-state index contributed by atoms with van der Waals surface area (Å²) in [6, 6.07) is 18.8. The molecular weight excluding hydrogens is 526 g/mol. The Morgan fingerprint density at radius 3 is 2.61 bits per heavy atom. The number of amides is 1. The summed E-state index contributed by atoms with van der Waals surface area (Å²) in [5, 5.41) is 19.2. The SMILES string of the molecule is CCN1C(=O)C(=Cc2cc(Cl)c(OCc3ccccc3C#N)c(OC)c2)SC1=Nc1ccc(C(=O)O)cc1. The molecule has 0 aromatic heterocycles. The van der Waals surface area contributed by atoms with Crippen molar-refractivity contribution in [2.45, 2.75) is 13.5 Å². The van der Waals surface area contributed by atoms with Crippen LogP contribution < -0.4 is 9.47 Å². The molecule has 192 valence electrons. The lowest BCUT2D eigenvalue weighted by Gasteiger charge is -2.14. The molecule has 10 heteroatoms.